The second-order valence-corrected chi connectivity index (χ2v) is 6.67. The van der Waals surface area contributed by atoms with E-state index in [1.54, 1.807) is 0 Å². The van der Waals surface area contributed by atoms with Crippen LogP contribution in [0.2, 0.25) is 0 Å². The molecule has 0 amide bonds. The number of hydrogen-bond acceptors (Lipinski definition) is 3. The molecule has 1 N–H and O–H groups in total. The Morgan fingerprint density at radius 2 is 1.81 bits per heavy atom. The van der Waals surface area contributed by atoms with Crippen LogP contribution in [0.4, 0.5) is 0 Å². The highest BCUT2D eigenvalue weighted by molar-refractivity contribution is 5.28. The summed E-state index contributed by atoms with van der Waals surface area (Å²) in [4.78, 5) is 2.34. The standard InChI is InChI=1S/C18H29NO2/c1-14(2)16-4-6-18(7-5-16)21-13-17(20)12-19-10-8-15(3)9-11-19/h4-7,14-15,17,20H,8-13H2,1-3H3/t17-/m0/s1. The molecule has 3 heteroatoms. The van der Waals surface area contributed by atoms with E-state index < -0.39 is 6.10 Å². The van der Waals surface area contributed by atoms with Gasteiger partial charge in [0.25, 0.3) is 0 Å². The van der Waals surface area contributed by atoms with Gasteiger partial charge in [0, 0.05) is 6.54 Å². The first-order valence-corrected chi connectivity index (χ1v) is 8.17. The number of rotatable bonds is 6. The van der Waals surface area contributed by atoms with Crippen molar-refractivity contribution in [2.75, 3.05) is 26.2 Å². The summed E-state index contributed by atoms with van der Waals surface area (Å²) in [5.74, 6) is 2.20. The van der Waals surface area contributed by atoms with Crippen LogP contribution in [-0.2, 0) is 0 Å². The highest BCUT2D eigenvalue weighted by Crippen LogP contribution is 2.19. The summed E-state index contributed by atoms with van der Waals surface area (Å²) in [6, 6.07) is 8.17. The van der Waals surface area contributed by atoms with Gasteiger partial charge in [0.05, 0.1) is 0 Å². The molecule has 3 nitrogen and oxygen atoms in total. The lowest BCUT2D eigenvalue weighted by Crippen LogP contribution is -2.40. The summed E-state index contributed by atoms with van der Waals surface area (Å²) in [6.07, 6.45) is 2.07. The number of aliphatic hydroxyl groups is 1. The first-order chi connectivity index (χ1) is 10.0. The second kappa shape index (κ2) is 7.81. The van der Waals surface area contributed by atoms with E-state index in [9.17, 15) is 5.11 Å². The second-order valence-electron chi connectivity index (χ2n) is 6.67. The van der Waals surface area contributed by atoms with Gasteiger partial charge in [-0.25, -0.2) is 0 Å². The van der Waals surface area contributed by atoms with Gasteiger partial charge in [0.2, 0.25) is 0 Å². The number of β-amino-alcohol motifs (C(OH)–C–C–N with tert-alkyl or cyclic N) is 1. The summed E-state index contributed by atoms with van der Waals surface area (Å²) in [5.41, 5.74) is 1.31. The SMILES string of the molecule is CC1CCN(C[C@H](O)COc2ccc(C(C)C)cc2)CC1. The zero-order valence-corrected chi connectivity index (χ0v) is 13.6. The Morgan fingerprint density at radius 3 is 2.38 bits per heavy atom. The quantitative estimate of drug-likeness (QED) is 0.873. The van der Waals surface area contributed by atoms with E-state index in [4.69, 9.17) is 4.74 Å². The first-order valence-electron chi connectivity index (χ1n) is 8.17. The van der Waals surface area contributed by atoms with E-state index in [0.717, 1.165) is 31.3 Å². The largest absolute Gasteiger partial charge is 0.491 e. The smallest absolute Gasteiger partial charge is 0.119 e. The third kappa shape index (κ3) is 5.33. The minimum atomic E-state index is -0.414. The van der Waals surface area contributed by atoms with Crippen LogP contribution in [0.5, 0.6) is 5.75 Å². The molecule has 21 heavy (non-hydrogen) atoms. The third-order valence-corrected chi connectivity index (χ3v) is 4.33. The lowest BCUT2D eigenvalue weighted by atomic mass is 9.99. The van der Waals surface area contributed by atoms with Crippen LogP contribution in [-0.4, -0.2) is 42.4 Å². The number of ether oxygens (including phenoxy) is 1. The normalized spacial score (nSPS) is 18.9. The molecule has 1 fully saturated rings. The molecule has 0 spiro atoms. The van der Waals surface area contributed by atoms with Crippen molar-refractivity contribution in [3.05, 3.63) is 29.8 Å². The zero-order valence-electron chi connectivity index (χ0n) is 13.6. The van der Waals surface area contributed by atoms with Crippen molar-refractivity contribution in [2.45, 2.75) is 45.6 Å². The molecule has 0 aliphatic carbocycles. The van der Waals surface area contributed by atoms with Crippen LogP contribution in [0.1, 0.15) is 45.1 Å². The monoisotopic (exact) mass is 291 g/mol. The number of benzene rings is 1. The molecule has 1 saturated heterocycles. The van der Waals surface area contributed by atoms with Crippen molar-refractivity contribution in [1.29, 1.82) is 0 Å². The van der Waals surface area contributed by atoms with E-state index in [0.29, 0.717) is 12.5 Å². The van der Waals surface area contributed by atoms with E-state index in [1.165, 1.54) is 18.4 Å². The fourth-order valence-electron chi connectivity index (χ4n) is 2.74. The Morgan fingerprint density at radius 1 is 1.19 bits per heavy atom. The highest BCUT2D eigenvalue weighted by Gasteiger charge is 2.18. The lowest BCUT2D eigenvalue weighted by molar-refractivity contribution is 0.0563. The van der Waals surface area contributed by atoms with E-state index in [2.05, 4.69) is 37.8 Å². The third-order valence-electron chi connectivity index (χ3n) is 4.33. The molecule has 1 aromatic rings. The van der Waals surface area contributed by atoms with Crippen molar-refractivity contribution in [3.8, 4) is 5.75 Å². The van der Waals surface area contributed by atoms with Crippen LogP contribution in [0.15, 0.2) is 24.3 Å². The predicted molar refractivity (Wildman–Crippen MR) is 86.9 cm³/mol. The van der Waals surface area contributed by atoms with Gasteiger partial charge in [-0.15, -0.1) is 0 Å². The maximum Gasteiger partial charge on any atom is 0.119 e. The minimum absolute atomic E-state index is 0.368. The molecule has 0 bridgehead atoms. The first kappa shape index (κ1) is 16.3. The van der Waals surface area contributed by atoms with Gasteiger partial charge in [-0.3, -0.25) is 0 Å². The number of nitrogens with zero attached hydrogens (tertiary/aromatic N) is 1. The van der Waals surface area contributed by atoms with Crippen molar-refractivity contribution < 1.29 is 9.84 Å². The average Bonchev–Trinajstić information content (AvgIpc) is 2.48. The van der Waals surface area contributed by atoms with Gasteiger partial charge in [0.15, 0.2) is 0 Å². The van der Waals surface area contributed by atoms with Gasteiger partial charge in [0.1, 0.15) is 18.5 Å². The van der Waals surface area contributed by atoms with Gasteiger partial charge in [-0.1, -0.05) is 32.9 Å². The van der Waals surface area contributed by atoms with Crippen molar-refractivity contribution >= 4 is 0 Å². The molecule has 1 aliphatic heterocycles. The molecule has 1 aliphatic rings. The number of likely N-dealkylation sites (tertiary alicyclic amines) is 1. The highest BCUT2D eigenvalue weighted by atomic mass is 16.5. The molecular weight excluding hydrogens is 262 g/mol. The molecule has 1 aromatic carbocycles. The Labute approximate surface area is 128 Å². The Hall–Kier alpha value is -1.06. The van der Waals surface area contributed by atoms with E-state index in [1.807, 2.05) is 12.1 Å². The summed E-state index contributed by atoms with van der Waals surface area (Å²) < 4.78 is 5.69. The van der Waals surface area contributed by atoms with Crippen LogP contribution < -0.4 is 4.74 Å². The lowest BCUT2D eigenvalue weighted by Gasteiger charge is -2.31. The van der Waals surface area contributed by atoms with Crippen LogP contribution in [0.3, 0.4) is 0 Å². The average molecular weight is 291 g/mol. The van der Waals surface area contributed by atoms with Gasteiger partial charge < -0.3 is 14.7 Å². The number of hydrogen-bond donors (Lipinski definition) is 1. The molecule has 1 heterocycles. The molecular formula is C18H29NO2. The topological polar surface area (TPSA) is 32.7 Å². The minimum Gasteiger partial charge on any atom is -0.491 e. The maximum absolute atomic E-state index is 10.1. The van der Waals surface area contributed by atoms with Crippen LogP contribution >= 0.6 is 0 Å². The molecule has 0 saturated carbocycles. The van der Waals surface area contributed by atoms with Gasteiger partial charge in [-0.05, 0) is 55.5 Å². The summed E-state index contributed by atoms with van der Waals surface area (Å²) in [6.45, 7) is 9.95. The van der Waals surface area contributed by atoms with Crippen LogP contribution in [0.25, 0.3) is 0 Å². The van der Waals surface area contributed by atoms with Gasteiger partial charge >= 0.3 is 0 Å². The Kier molecular flexibility index (Phi) is 6.07. The fourth-order valence-corrected chi connectivity index (χ4v) is 2.74. The van der Waals surface area contributed by atoms with Crippen LogP contribution in [0, 0.1) is 5.92 Å². The molecule has 1 atom stereocenters. The van der Waals surface area contributed by atoms with E-state index in [-0.39, 0.29) is 0 Å². The summed E-state index contributed by atoms with van der Waals surface area (Å²) in [5, 5.41) is 10.1. The predicted octanol–water partition coefficient (Wildman–Crippen LogP) is 3.28. The fraction of sp³-hybridized carbons (Fsp3) is 0.667. The van der Waals surface area contributed by atoms with Crippen molar-refractivity contribution in [3.63, 3.8) is 0 Å². The van der Waals surface area contributed by atoms with Crippen molar-refractivity contribution in [2.24, 2.45) is 5.92 Å². The Balaban J connectivity index is 1.72. The molecule has 0 aromatic heterocycles. The Bertz CT molecular complexity index is 408. The molecule has 0 radical (unpaired) electrons. The molecule has 0 unspecified atom stereocenters. The molecule has 2 rings (SSSR count). The summed E-state index contributed by atoms with van der Waals surface area (Å²) in [7, 11) is 0. The summed E-state index contributed by atoms with van der Waals surface area (Å²) >= 11 is 0. The van der Waals surface area contributed by atoms with Crippen molar-refractivity contribution in [1.82, 2.24) is 4.90 Å². The molecule has 118 valence electrons. The number of piperidine rings is 1. The zero-order chi connectivity index (χ0) is 15.2. The maximum atomic E-state index is 10.1. The van der Waals surface area contributed by atoms with E-state index >= 15 is 0 Å². The number of aliphatic hydroxyl groups excluding tert-OH is 1. The van der Waals surface area contributed by atoms with Gasteiger partial charge in [-0.2, -0.15) is 0 Å².